The van der Waals surface area contributed by atoms with Crippen molar-refractivity contribution in [1.82, 2.24) is 9.88 Å². The maximum atomic E-state index is 13.2. The molecule has 0 fully saturated rings. The van der Waals surface area contributed by atoms with Crippen molar-refractivity contribution in [3.63, 3.8) is 0 Å². The van der Waals surface area contributed by atoms with Gasteiger partial charge in [0.25, 0.3) is 0 Å². The maximum Gasteiger partial charge on any atom is 0.229 e. The van der Waals surface area contributed by atoms with Crippen LogP contribution in [0.4, 0.5) is 0 Å². The summed E-state index contributed by atoms with van der Waals surface area (Å²) in [6.07, 6.45) is 1.63. The minimum atomic E-state index is -0.128. The number of thiazole rings is 1. The normalized spacial score (nSPS) is 18.0. The molecule has 0 aliphatic carbocycles. The molecule has 2 aliphatic heterocycles. The summed E-state index contributed by atoms with van der Waals surface area (Å²) in [6.45, 7) is 3.91. The van der Waals surface area contributed by atoms with Crippen molar-refractivity contribution in [2.24, 2.45) is 5.92 Å². The van der Waals surface area contributed by atoms with Crippen LogP contribution in [0.25, 0.3) is 10.6 Å². The second-order valence-electron chi connectivity index (χ2n) is 7.51. The second kappa shape index (κ2) is 7.46. The van der Waals surface area contributed by atoms with Crippen LogP contribution in [0.3, 0.4) is 0 Å². The van der Waals surface area contributed by atoms with E-state index in [4.69, 9.17) is 9.47 Å². The molecule has 0 radical (unpaired) electrons. The molecule has 0 N–H and O–H groups in total. The third-order valence-corrected chi connectivity index (χ3v) is 7.61. The minimum absolute atomic E-state index is 0.128. The Morgan fingerprint density at radius 2 is 2.21 bits per heavy atom. The number of aryl methyl sites for hydroxylation is 1. The topological polar surface area (TPSA) is 51.7 Å². The highest BCUT2D eigenvalue weighted by molar-refractivity contribution is 7.16. The third kappa shape index (κ3) is 3.53. The number of ether oxygens (including phenoxy) is 2. The van der Waals surface area contributed by atoms with E-state index in [-0.39, 0.29) is 11.8 Å². The predicted molar refractivity (Wildman–Crippen MR) is 115 cm³/mol. The van der Waals surface area contributed by atoms with Gasteiger partial charge in [0.05, 0.1) is 28.6 Å². The number of rotatable bonds is 3. The van der Waals surface area contributed by atoms with Gasteiger partial charge in [-0.3, -0.25) is 4.79 Å². The standard InChI is InChI=1S/C22H22N2O3S2/c1-13-23-18(12-28-13)21-8-15-10-24(6-5-20(15)29-21)22(25)16-7-14-3-4-17(26-2)9-19(14)27-11-16/h3-4,8-9,12,16H,5-7,10-11H2,1-2H3. The maximum absolute atomic E-state index is 13.2. The van der Waals surface area contributed by atoms with E-state index in [1.54, 1.807) is 18.4 Å². The van der Waals surface area contributed by atoms with Gasteiger partial charge >= 0.3 is 0 Å². The van der Waals surface area contributed by atoms with Gasteiger partial charge in [-0.1, -0.05) is 6.07 Å². The Hall–Kier alpha value is -2.38. The largest absolute Gasteiger partial charge is 0.497 e. The lowest BCUT2D eigenvalue weighted by molar-refractivity contribution is -0.137. The van der Waals surface area contributed by atoms with Crippen LogP contribution in [0.2, 0.25) is 0 Å². The highest BCUT2D eigenvalue weighted by Gasteiger charge is 2.32. The Morgan fingerprint density at radius 3 is 3.00 bits per heavy atom. The van der Waals surface area contributed by atoms with Crippen molar-refractivity contribution in [1.29, 1.82) is 0 Å². The predicted octanol–water partition coefficient (Wildman–Crippen LogP) is 4.32. The van der Waals surface area contributed by atoms with Crippen molar-refractivity contribution in [3.8, 4) is 22.1 Å². The first kappa shape index (κ1) is 18.6. The van der Waals surface area contributed by atoms with Gasteiger partial charge in [0, 0.05) is 29.4 Å². The first-order valence-electron chi connectivity index (χ1n) is 9.73. The molecule has 7 heteroatoms. The first-order chi connectivity index (χ1) is 14.1. The zero-order valence-electron chi connectivity index (χ0n) is 16.4. The fourth-order valence-corrected chi connectivity index (χ4v) is 5.83. The number of nitrogens with zero attached hydrogens (tertiary/aromatic N) is 2. The third-order valence-electron chi connectivity index (χ3n) is 5.58. The molecule has 1 atom stereocenters. The lowest BCUT2D eigenvalue weighted by Crippen LogP contribution is -2.42. The molecule has 3 aromatic rings. The molecule has 4 heterocycles. The van der Waals surface area contributed by atoms with Gasteiger partial charge < -0.3 is 14.4 Å². The van der Waals surface area contributed by atoms with E-state index < -0.39 is 0 Å². The lowest BCUT2D eigenvalue weighted by atomic mass is 9.94. The van der Waals surface area contributed by atoms with Crippen LogP contribution in [-0.4, -0.2) is 36.1 Å². The molecule has 5 nitrogen and oxygen atoms in total. The zero-order valence-corrected chi connectivity index (χ0v) is 18.1. The first-order valence-corrected chi connectivity index (χ1v) is 11.4. The average molecular weight is 427 g/mol. The van der Waals surface area contributed by atoms with Gasteiger partial charge in [0.1, 0.15) is 18.1 Å². The molecule has 150 valence electrons. The van der Waals surface area contributed by atoms with E-state index in [1.807, 2.05) is 41.4 Å². The summed E-state index contributed by atoms with van der Waals surface area (Å²) in [6, 6.07) is 8.04. The molecule has 1 amide bonds. The Bertz CT molecular complexity index is 1070. The molecule has 0 bridgehead atoms. The van der Waals surface area contributed by atoms with Crippen LogP contribution in [0.5, 0.6) is 11.5 Å². The number of fused-ring (bicyclic) bond motifs is 2. The van der Waals surface area contributed by atoms with E-state index in [0.29, 0.717) is 19.6 Å². The molecule has 2 aliphatic rings. The number of carbonyl (C=O) groups is 1. The van der Waals surface area contributed by atoms with Gasteiger partial charge in [0.2, 0.25) is 5.91 Å². The van der Waals surface area contributed by atoms with Gasteiger partial charge in [0.15, 0.2) is 0 Å². The van der Waals surface area contributed by atoms with Gasteiger partial charge in [-0.25, -0.2) is 4.98 Å². The minimum Gasteiger partial charge on any atom is -0.497 e. The van der Waals surface area contributed by atoms with Crippen LogP contribution < -0.4 is 9.47 Å². The Kier molecular flexibility index (Phi) is 4.80. The number of methoxy groups -OCH3 is 1. The van der Waals surface area contributed by atoms with Gasteiger partial charge in [-0.05, 0) is 43.0 Å². The van der Waals surface area contributed by atoms with E-state index in [0.717, 1.165) is 40.7 Å². The smallest absolute Gasteiger partial charge is 0.229 e. The second-order valence-corrected chi connectivity index (χ2v) is 9.71. The van der Waals surface area contributed by atoms with E-state index in [9.17, 15) is 4.79 Å². The summed E-state index contributed by atoms with van der Waals surface area (Å²) in [5.41, 5.74) is 3.39. The summed E-state index contributed by atoms with van der Waals surface area (Å²) < 4.78 is 11.2. The Balaban J connectivity index is 1.30. The number of amides is 1. The molecular weight excluding hydrogens is 404 g/mol. The number of thiophene rings is 1. The molecule has 2 aromatic heterocycles. The molecule has 1 aromatic carbocycles. The van der Waals surface area contributed by atoms with Gasteiger partial charge in [-0.15, -0.1) is 22.7 Å². The Morgan fingerprint density at radius 1 is 1.31 bits per heavy atom. The number of aromatic nitrogens is 1. The van der Waals surface area contributed by atoms with Gasteiger partial charge in [-0.2, -0.15) is 0 Å². The zero-order chi connectivity index (χ0) is 20.0. The monoisotopic (exact) mass is 426 g/mol. The fourth-order valence-electron chi connectivity index (χ4n) is 4.02. The summed E-state index contributed by atoms with van der Waals surface area (Å²) in [4.78, 5) is 22.4. The molecule has 0 spiro atoms. The van der Waals surface area contributed by atoms with Crippen molar-refractivity contribution in [3.05, 3.63) is 50.7 Å². The van der Waals surface area contributed by atoms with Crippen LogP contribution in [0, 0.1) is 12.8 Å². The summed E-state index contributed by atoms with van der Waals surface area (Å²) >= 11 is 3.49. The Labute approximate surface area is 177 Å². The SMILES string of the molecule is COc1ccc2c(c1)OCC(C(=O)N1CCc3sc(-c4csc(C)n4)cc3C1)C2. The van der Waals surface area contributed by atoms with Crippen LogP contribution in [0.1, 0.15) is 21.0 Å². The van der Waals surface area contributed by atoms with Crippen molar-refractivity contribution in [2.75, 3.05) is 20.3 Å². The molecular formula is C22H22N2O3S2. The molecule has 1 unspecified atom stereocenters. The number of benzene rings is 1. The number of carbonyl (C=O) groups excluding carboxylic acids is 1. The quantitative estimate of drug-likeness (QED) is 0.626. The van der Waals surface area contributed by atoms with Crippen LogP contribution in [-0.2, 0) is 24.2 Å². The summed E-state index contributed by atoms with van der Waals surface area (Å²) in [7, 11) is 1.65. The fraction of sp³-hybridized carbons (Fsp3) is 0.364. The highest BCUT2D eigenvalue weighted by atomic mass is 32.1. The van der Waals surface area contributed by atoms with E-state index in [1.165, 1.54) is 15.3 Å². The van der Waals surface area contributed by atoms with Crippen molar-refractivity contribution >= 4 is 28.6 Å². The molecule has 29 heavy (non-hydrogen) atoms. The van der Waals surface area contributed by atoms with E-state index in [2.05, 4.69) is 16.4 Å². The average Bonchev–Trinajstić information content (AvgIpc) is 3.37. The summed E-state index contributed by atoms with van der Waals surface area (Å²) in [5, 5.41) is 3.19. The lowest BCUT2D eigenvalue weighted by Gasteiger charge is -2.32. The van der Waals surface area contributed by atoms with Crippen LogP contribution >= 0.6 is 22.7 Å². The van der Waals surface area contributed by atoms with Crippen LogP contribution in [0.15, 0.2) is 29.6 Å². The molecule has 0 saturated heterocycles. The number of hydrogen-bond acceptors (Lipinski definition) is 6. The summed E-state index contributed by atoms with van der Waals surface area (Å²) in [5.74, 6) is 1.67. The van der Waals surface area contributed by atoms with Crippen molar-refractivity contribution < 1.29 is 14.3 Å². The number of hydrogen-bond donors (Lipinski definition) is 0. The molecule has 0 saturated carbocycles. The van der Waals surface area contributed by atoms with Crippen molar-refractivity contribution in [2.45, 2.75) is 26.3 Å². The van der Waals surface area contributed by atoms with E-state index >= 15 is 0 Å². The highest BCUT2D eigenvalue weighted by Crippen LogP contribution is 2.36. The molecule has 5 rings (SSSR count).